The van der Waals surface area contributed by atoms with E-state index in [1.807, 2.05) is 0 Å². The minimum Gasteiger partial charge on any atom is -0.303 e. The summed E-state index contributed by atoms with van der Waals surface area (Å²) in [6, 6.07) is 0.884. The van der Waals surface area contributed by atoms with Gasteiger partial charge in [-0.3, -0.25) is 0 Å². The maximum absolute atomic E-state index is 2.82. The zero-order chi connectivity index (χ0) is 14.0. The Kier molecular flexibility index (Phi) is 5.27. The molecule has 0 aromatic heterocycles. The van der Waals surface area contributed by atoms with E-state index in [2.05, 4.69) is 42.7 Å². The molecule has 0 radical (unpaired) electrons. The Morgan fingerprint density at radius 1 is 1.00 bits per heavy atom. The molecule has 0 saturated carbocycles. The van der Waals surface area contributed by atoms with Gasteiger partial charge in [0.05, 0.1) is 0 Å². The maximum atomic E-state index is 2.82. The summed E-state index contributed by atoms with van der Waals surface area (Å²) in [6.07, 6.45) is 8.59. The van der Waals surface area contributed by atoms with E-state index >= 15 is 0 Å². The van der Waals surface area contributed by atoms with E-state index < -0.39 is 0 Å². The molecule has 3 rings (SSSR count). The second kappa shape index (κ2) is 6.80. The van der Waals surface area contributed by atoms with Crippen LogP contribution in [0.3, 0.4) is 0 Å². The minimum atomic E-state index is 0.667. The molecular weight excluding hydrogens is 361 g/mol. The Hall–Kier alpha value is 0.610. The van der Waals surface area contributed by atoms with E-state index in [1.54, 1.807) is 0 Å². The van der Waals surface area contributed by atoms with Crippen LogP contribution in [0.15, 0.2) is 0 Å². The predicted molar refractivity (Wildman–Crippen MR) is 93.2 cm³/mol. The van der Waals surface area contributed by atoms with Crippen LogP contribution in [-0.4, -0.2) is 64.8 Å². The second-order valence-electron chi connectivity index (χ2n) is 7.15. The number of likely N-dealkylation sites (tertiary alicyclic amines) is 2. The van der Waals surface area contributed by atoms with Crippen LogP contribution in [0.25, 0.3) is 0 Å². The van der Waals surface area contributed by atoms with Gasteiger partial charge >= 0.3 is 0 Å². The Morgan fingerprint density at radius 2 is 1.70 bits per heavy atom. The first kappa shape index (κ1) is 15.5. The summed E-state index contributed by atoms with van der Waals surface area (Å²) in [4.78, 5) is 5.43. The quantitative estimate of drug-likeness (QED) is 0.529. The lowest BCUT2D eigenvalue weighted by Gasteiger charge is -2.49. The number of halogens is 1. The van der Waals surface area contributed by atoms with Crippen LogP contribution >= 0.6 is 22.9 Å². The third-order valence-electron chi connectivity index (χ3n) is 5.99. The molecule has 1 spiro atoms. The van der Waals surface area contributed by atoms with Crippen LogP contribution in [0.2, 0.25) is 0 Å². The number of hydrogen-bond acceptors (Lipinski definition) is 3. The average molecular weight is 391 g/mol. The maximum Gasteiger partial charge on any atom is 0.0201 e. The summed E-state index contributed by atoms with van der Waals surface area (Å²) in [5, 5.41) is 0. The smallest absolute Gasteiger partial charge is 0.0201 e. The van der Waals surface area contributed by atoms with Gasteiger partial charge in [0, 0.05) is 42.0 Å². The molecule has 4 heteroatoms. The van der Waals surface area contributed by atoms with Crippen LogP contribution in [0.4, 0.5) is 0 Å². The van der Waals surface area contributed by atoms with Crippen LogP contribution in [0.5, 0.6) is 0 Å². The molecule has 3 aliphatic heterocycles. The molecule has 0 aliphatic carbocycles. The highest BCUT2D eigenvalue weighted by atomic mass is 127. The number of nitrogens with zero attached hydrogens (tertiary/aromatic N) is 3. The number of hydrogen-bond donors (Lipinski definition) is 0. The van der Waals surface area contributed by atoms with E-state index in [9.17, 15) is 0 Å². The standard InChI is InChI=1S/C16H30IN3/c1-2-18-10-4-15(5-11-18)19-12-7-16(8-13-19)6-3-9-20(17)14-16/h15H,2-14H2,1H3. The Labute approximate surface area is 138 Å². The van der Waals surface area contributed by atoms with Crippen molar-refractivity contribution < 1.29 is 0 Å². The first-order valence-electron chi connectivity index (χ1n) is 8.58. The fraction of sp³-hybridized carbons (Fsp3) is 1.00. The van der Waals surface area contributed by atoms with Crippen LogP contribution < -0.4 is 0 Å². The van der Waals surface area contributed by atoms with E-state index in [-0.39, 0.29) is 0 Å². The summed E-state index contributed by atoms with van der Waals surface area (Å²) >= 11 is 2.54. The monoisotopic (exact) mass is 391 g/mol. The van der Waals surface area contributed by atoms with E-state index in [4.69, 9.17) is 0 Å². The lowest BCUT2D eigenvalue weighted by molar-refractivity contribution is 0.0221. The molecule has 0 aromatic carbocycles. The SMILES string of the molecule is CCN1CCC(N2CCC3(CCCN(I)C3)CC2)CC1. The van der Waals surface area contributed by atoms with Crippen molar-refractivity contribution in [1.82, 2.24) is 12.9 Å². The third kappa shape index (κ3) is 3.50. The van der Waals surface area contributed by atoms with Crippen molar-refractivity contribution in [3.8, 4) is 0 Å². The lowest BCUT2D eigenvalue weighted by atomic mass is 9.72. The molecule has 0 unspecified atom stereocenters. The van der Waals surface area contributed by atoms with Gasteiger partial charge in [-0.25, -0.2) is 3.11 Å². The summed E-state index contributed by atoms with van der Waals surface area (Å²) in [6.45, 7) is 11.6. The Bertz CT molecular complexity index is 307. The van der Waals surface area contributed by atoms with Crippen LogP contribution in [0, 0.1) is 5.41 Å². The first-order chi connectivity index (χ1) is 9.71. The number of rotatable bonds is 2. The van der Waals surface area contributed by atoms with Crippen molar-refractivity contribution in [3.05, 3.63) is 0 Å². The first-order valence-corrected chi connectivity index (χ1v) is 9.54. The highest BCUT2D eigenvalue weighted by molar-refractivity contribution is 14.1. The van der Waals surface area contributed by atoms with E-state index in [1.165, 1.54) is 84.3 Å². The normalized spacial score (nSPS) is 30.9. The molecule has 20 heavy (non-hydrogen) atoms. The highest BCUT2D eigenvalue weighted by Gasteiger charge is 2.39. The Balaban J connectivity index is 1.49. The molecule has 0 aromatic rings. The molecule has 0 N–H and O–H groups in total. The van der Waals surface area contributed by atoms with Crippen molar-refractivity contribution in [2.75, 3.05) is 45.8 Å². The van der Waals surface area contributed by atoms with Gasteiger partial charge < -0.3 is 9.80 Å². The molecule has 3 saturated heterocycles. The second-order valence-corrected chi connectivity index (χ2v) is 8.51. The molecular formula is C16H30IN3. The zero-order valence-corrected chi connectivity index (χ0v) is 15.1. The van der Waals surface area contributed by atoms with Gasteiger partial charge in [0.2, 0.25) is 0 Å². The summed E-state index contributed by atoms with van der Waals surface area (Å²) in [5.41, 5.74) is 0.667. The predicted octanol–water partition coefficient (Wildman–Crippen LogP) is 3.00. The lowest BCUT2D eigenvalue weighted by Crippen LogP contribution is -2.52. The highest BCUT2D eigenvalue weighted by Crippen LogP contribution is 2.41. The zero-order valence-electron chi connectivity index (χ0n) is 13.0. The molecule has 0 bridgehead atoms. The molecule has 3 fully saturated rings. The van der Waals surface area contributed by atoms with Gasteiger partial charge in [-0.2, -0.15) is 0 Å². The summed E-state index contributed by atoms with van der Waals surface area (Å²) in [5.74, 6) is 0. The van der Waals surface area contributed by atoms with Crippen molar-refractivity contribution >= 4 is 22.9 Å². The van der Waals surface area contributed by atoms with Gasteiger partial charge in [0.25, 0.3) is 0 Å². The minimum absolute atomic E-state index is 0.667. The van der Waals surface area contributed by atoms with Crippen molar-refractivity contribution in [2.45, 2.75) is 51.5 Å². The van der Waals surface area contributed by atoms with Crippen molar-refractivity contribution in [2.24, 2.45) is 5.41 Å². The molecule has 0 amide bonds. The van der Waals surface area contributed by atoms with Gasteiger partial charge in [-0.15, -0.1) is 0 Å². The largest absolute Gasteiger partial charge is 0.303 e. The summed E-state index contributed by atoms with van der Waals surface area (Å²) < 4.78 is 2.54. The molecule has 0 atom stereocenters. The van der Waals surface area contributed by atoms with Gasteiger partial charge in [0.1, 0.15) is 0 Å². The molecule has 3 aliphatic rings. The molecule has 3 heterocycles. The van der Waals surface area contributed by atoms with Gasteiger partial charge in [-0.1, -0.05) is 6.92 Å². The van der Waals surface area contributed by atoms with Crippen LogP contribution in [-0.2, 0) is 0 Å². The van der Waals surface area contributed by atoms with Crippen molar-refractivity contribution in [1.29, 1.82) is 0 Å². The van der Waals surface area contributed by atoms with Crippen LogP contribution in [0.1, 0.15) is 45.4 Å². The van der Waals surface area contributed by atoms with Gasteiger partial charge in [0.15, 0.2) is 0 Å². The van der Waals surface area contributed by atoms with Gasteiger partial charge in [-0.05, 0) is 76.7 Å². The fourth-order valence-corrected chi connectivity index (χ4v) is 5.58. The fourth-order valence-electron chi connectivity index (χ4n) is 4.52. The molecule has 116 valence electrons. The number of piperidine rings is 3. The van der Waals surface area contributed by atoms with Crippen molar-refractivity contribution in [3.63, 3.8) is 0 Å². The van der Waals surface area contributed by atoms with E-state index in [0.29, 0.717) is 5.41 Å². The summed E-state index contributed by atoms with van der Waals surface area (Å²) in [7, 11) is 0. The topological polar surface area (TPSA) is 9.72 Å². The Morgan fingerprint density at radius 3 is 2.30 bits per heavy atom. The molecule has 3 nitrogen and oxygen atoms in total. The third-order valence-corrected chi connectivity index (χ3v) is 6.82. The van der Waals surface area contributed by atoms with E-state index in [0.717, 1.165) is 6.04 Å². The average Bonchev–Trinajstić information content (AvgIpc) is 2.48.